The van der Waals surface area contributed by atoms with Gasteiger partial charge in [-0.15, -0.1) is 6.58 Å². The molecule has 0 atom stereocenters. The Balaban J connectivity index is 1.90. The second kappa shape index (κ2) is 11.5. The van der Waals surface area contributed by atoms with Gasteiger partial charge in [0.15, 0.2) is 8.32 Å². The number of anilines is 1. The van der Waals surface area contributed by atoms with E-state index < -0.39 is 14.2 Å². The number of nitrogens with two attached hydrogens (primary N) is 1. The van der Waals surface area contributed by atoms with Gasteiger partial charge in [-0.2, -0.15) is 5.10 Å². The number of ether oxygens (including phenoxy) is 1. The minimum Gasteiger partial charge on any atom is -0.491 e. The number of carbonyl (C=O) groups excluding carboxylic acids is 2. The molecule has 2 amide bonds. The van der Waals surface area contributed by atoms with E-state index >= 15 is 0 Å². The van der Waals surface area contributed by atoms with E-state index in [1.807, 2.05) is 13.8 Å². The first kappa shape index (κ1) is 29.1. The van der Waals surface area contributed by atoms with E-state index in [0.29, 0.717) is 61.1 Å². The average Bonchev–Trinajstić information content (AvgIpc) is 3.38. The highest BCUT2D eigenvalue weighted by Gasteiger charge is 2.36. The highest BCUT2D eigenvalue weighted by Crippen LogP contribution is 2.36. The number of nitrogens with zero attached hydrogens (tertiary/aromatic N) is 4. The van der Waals surface area contributed by atoms with Crippen molar-refractivity contribution in [2.24, 2.45) is 5.73 Å². The van der Waals surface area contributed by atoms with Crippen molar-refractivity contribution in [3.8, 4) is 5.75 Å². The zero-order valence-electron chi connectivity index (χ0n) is 23.6. The lowest BCUT2D eigenvalue weighted by Gasteiger charge is -2.36. The molecule has 0 spiro atoms. The lowest BCUT2D eigenvalue weighted by molar-refractivity contribution is 0.0995. The van der Waals surface area contributed by atoms with E-state index in [1.54, 1.807) is 33.5 Å². The van der Waals surface area contributed by atoms with E-state index in [9.17, 15) is 9.59 Å². The average molecular weight is 541 g/mol. The molecular weight excluding hydrogens is 500 g/mol. The van der Waals surface area contributed by atoms with Gasteiger partial charge in [-0.25, -0.2) is 4.98 Å². The number of aryl methyl sites for hydroxylation is 2. The second-order valence-corrected chi connectivity index (χ2v) is 15.6. The smallest absolute Gasteiger partial charge is 0.276 e. The zero-order valence-corrected chi connectivity index (χ0v) is 24.6. The van der Waals surface area contributed by atoms with E-state index in [0.717, 1.165) is 5.69 Å². The van der Waals surface area contributed by atoms with E-state index in [2.05, 4.69) is 55.8 Å². The number of aromatic nitrogens is 4. The summed E-state index contributed by atoms with van der Waals surface area (Å²) in [4.78, 5) is 29.8. The van der Waals surface area contributed by atoms with Crippen molar-refractivity contribution in [1.29, 1.82) is 0 Å². The largest absolute Gasteiger partial charge is 0.491 e. The number of primary amides is 1. The Morgan fingerprint density at radius 1 is 1.21 bits per heavy atom. The van der Waals surface area contributed by atoms with Crippen LogP contribution in [0.15, 0.2) is 30.9 Å². The van der Waals surface area contributed by atoms with Gasteiger partial charge in [0, 0.05) is 31.7 Å². The van der Waals surface area contributed by atoms with Crippen LogP contribution < -0.4 is 15.8 Å². The number of benzene rings is 1. The number of fused-ring (bicyclic) bond motifs is 1. The summed E-state index contributed by atoms with van der Waals surface area (Å²) >= 11 is 0. The van der Waals surface area contributed by atoms with Gasteiger partial charge in [0.2, 0.25) is 11.9 Å². The van der Waals surface area contributed by atoms with Gasteiger partial charge in [-0.3, -0.25) is 19.6 Å². The van der Waals surface area contributed by atoms with E-state index in [-0.39, 0.29) is 16.5 Å². The maximum absolute atomic E-state index is 13.1. The third-order valence-corrected chi connectivity index (χ3v) is 11.4. The fourth-order valence-electron chi connectivity index (χ4n) is 3.80. The number of hydrogen-bond acceptors (Lipinski definition) is 6. The third kappa shape index (κ3) is 6.33. The van der Waals surface area contributed by atoms with Crippen molar-refractivity contribution in [2.45, 2.75) is 72.3 Å². The summed E-state index contributed by atoms with van der Waals surface area (Å²) in [6, 6.07) is 4.94. The van der Waals surface area contributed by atoms with Crippen LogP contribution >= 0.6 is 0 Å². The number of allylic oxidation sites excluding steroid dienone is 1. The first-order chi connectivity index (χ1) is 17.8. The van der Waals surface area contributed by atoms with Crippen LogP contribution in [0.4, 0.5) is 5.95 Å². The summed E-state index contributed by atoms with van der Waals surface area (Å²) in [6.07, 6.45) is 2.38. The van der Waals surface area contributed by atoms with Crippen molar-refractivity contribution in [2.75, 3.05) is 18.5 Å². The fourth-order valence-corrected chi connectivity index (χ4v) is 4.89. The van der Waals surface area contributed by atoms with Gasteiger partial charge in [-0.1, -0.05) is 26.8 Å². The molecule has 0 unspecified atom stereocenters. The molecule has 0 bridgehead atoms. The molecular formula is C27H40N6O4Si. The van der Waals surface area contributed by atoms with Crippen molar-refractivity contribution in [3.63, 3.8) is 0 Å². The summed E-state index contributed by atoms with van der Waals surface area (Å²) in [5.41, 5.74) is 8.15. The SMILES string of the molecule is C=CCn1c(NC(=O)c2cc(C)nn2CC)nc2cc(C(N)=O)cc(OCCCO[Si](C)(C)C(C)(C)C)c21. The molecule has 0 radical (unpaired) electrons. The van der Waals surface area contributed by atoms with Gasteiger partial charge < -0.3 is 19.5 Å². The Hall–Kier alpha value is -3.44. The topological polar surface area (TPSA) is 126 Å². The Morgan fingerprint density at radius 3 is 2.53 bits per heavy atom. The molecule has 0 aliphatic carbocycles. The highest BCUT2D eigenvalue weighted by molar-refractivity contribution is 6.74. The standard InChI is InChI=1S/C27H40N6O4Si/c1-9-12-32-23-20(29-26(32)30-25(35)21-15-18(3)31-33(21)10-2)16-19(24(28)34)17-22(23)36-13-11-14-37-38(7,8)27(4,5)6/h9,15-17H,1,10-14H2,2-8H3,(H2,28,34)(H,29,30,35). The lowest BCUT2D eigenvalue weighted by Crippen LogP contribution is -2.41. The van der Waals surface area contributed by atoms with E-state index in [1.165, 1.54) is 0 Å². The molecule has 38 heavy (non-hydrogen) atoms. The maximum Gasteiger partial charge on any atom is 0.276 e. The van der Waals surface area contributed by atoms with Gasteiger partial charge in [-0.05, 0) is 50.2 Å². The van der Waals surface area contributed by atoms with Crippen molar-refractivity contribution >= 4 is 37.1 Å². The summed E-state index contributed by atoms with van der Waals surface area (Å²) in [7, 11) is -1.86. The van der Waals surface area contributed by atoms with Crippen LogP contribution in [0.3, 0.4) is 0 Å². The number of hydrogen-bond donors (Lipinski definition) is 2. The minimum absolute atomic E-state index is 0.126. The van der Waals surface area contributed by atoms with Crippen molar-refractivity contribution in [3.05, 3.63) is 47.8 Å². The Labute approximate surface area is 225 Å². The molecule has 0 aliphatic rings. The lowest BCUT2D eigenvalue weighted by atomic mass is 10.1. The molecule has 3 aromatic rings. The van der Waals surface area contributed by atoms with Crippen LogP contribution in [0.5, 0.6) is 5.75 Å². The number of amides is 2. The highest BCUT2D eigenvalue weighted by atomic mass is 28.4. The van der Waals surface area contributed by atoms with Crippen LogP contribution in [0.25, 0.3) is 11.0 Å². The van der Waals surface area contributed by atoms with Crippen LogP contribution in [0, 0.1) is 6.92 Å². The summed E-state index contributed by atoms with van der Waals surface area (Å²) in [6.45, 7) is 20.5. The Bertz CT molecular complexity index is 1340. The molecule has 2 aromatic heterocycles. The molecule has 0 saturated carbocycles. The van der Waals surface area contributed by atoms with Gasteiger partial charge in [0.25, 0.3) is 5.91 Å². The summed E-state index contributed by atoms with van der Waals surface area (Å²) in [5, 5.41) is 7.36. The number of rotatable bonds is 12. The van der Waals surface area contributed by atoms with Crippen LogP contribution in [0.2, 0.25) is 18.1 Å². The van der Waals surface area contributed by atoms with Gasteiger partial charge >= 0.3 is 0 Å². The molecule has 1 aromatic carbocycles. The first-order valence-corrected chi connectivity index (χ1v) is 15.8. The molecule has 3 N–H and O–H groups in total. The third-order valence-electron chi connectivity index (χ3n) is 6.88. The molecule has 0 saturated heterocycles. The molecule has 2 heterocycles. The summed E-state index contributed by atoms with van der Waals surface area (Å²) in [5.74, 6) is -0.176. The fraction of sp³-hybridized carbons (Fsp3) is 0.481. The van der Waals surface area contributed by atoms with Crippen molar-refractivity contribution in [1.82, 2.24) is 19.3 Å². The zero-order chi connectivity index (χ0) is 28.3. The Kier molecular flexibility index (Phi) is 8.83. The number of nitrogens with one attached hydrogen (secondary N) is 1. The maximum atomic E-state index is 13.1. The van der Waals surface area contributed by atoms with Gasteiger partial charge in [0.1, 0.15) is 17.0 Å². The quantitative estimate of drug-likeness (QED) is 0.191. The van der Waals surface area contributed by atoms with Crippen molar-refractivity contribution < 1.29 is 18.8 Å². The van der Waals surface area contributed by atoms with Gasteiger partial charge in [0.05, 0.1) is 17.8 Å². The van der Waals surface area contributed by atoms with E-state index in [4.69, 9.17) is 14.9 Å². The van der Waals surface area contributed by atoms with Crippen LogP contribution in [-0.4, -0.2) is 52.7 Å². The molecule has 11 heteroatoms. The minimum atomic E-state index is -1.86. The van der Waals surface area contributed by atoms with Crippen LogP contribution in [0.1, 0.15) is 60.7 Å². The monoisotopic (exact) mass is 540 g/mol. The van der Waals surface area contributed by atoms with Crippen LogP contribution in [-0.2, 0) is 17.5 Å². The molecule has 10 nitrogen and oxygen atoms in total. The Morgan fingerprint density at radius 2 is 1.92 bits per heavy atom. The number of carbonyl (C=O) groups is 2. The normalized spacial score (nSPS) is 12.1. The first-order valence-electron chi connectivity index (χ1n) is 12.9. The molecule has 3 rings (SSSR count). The second-order valence-electron chi connectivity index (χ2n) is 10.8. The predicted molar refractivity (Wildman–Crippen MR) is 152 cm³/mol. The predicted octanol–water partition coefficient (Wildman–Crippen LogP) is 4.89. The molecule has 206 valence electrons. The molecule has 0 aliphatic heterocycles. The summed E-state index contributed by atoms with van der Waals surface area (Å²) < 4.78 is 15.8. The molecule has 0 fully saturated rings. The number of imidazole rings is 1.